The first-order valence-electron chi connectivity index (χ1n) is 6.11. The summed E-state index contributed by atoms with van der Waals surface area (Å²) < 4.78 is 5.31. The molecule has 3 nitrogen and oxygen atoms in total. The Balaban J connectivity index is 3.70. The van der Waals surface area contributed by atoms with E-state index >= 15 is 0 Å². The van der Waals surface area contributed by atoms with Gasteiger partial charge in [-0.25, -0.2) is 0 Å². The van der Waals surface area contributed by atoms with Gasteiger partial charge in [-0.1, -0.05) is 20.8 Å². The van der Waals surface area contributed by atoms with Gasteiger partial charge in [0.15, 0.2) is 0 Å². The van der Waals surface area contributed by atoms with Crippen LogP contribution in [0.2, 0.25) is 0 Å². The first-order chi connectivity index (χ1) is 7.26. The molecule has 0 heterocycles. The minimum Gasteiger partial charge on any atom is -0.381 e. The van der Waals surface area contributed by atoms with E-state index in [1.807, 2.05) is 4.90 Å². The summed E-state index contributed by atoms with van der Waals surface area (Å²) in [5, 5.41) is 0. The van der Waals surface area contributed by atoms with Crippen LogP contribution in [-0.2, 0) is 9.53 Å². The van der Waals surface area contributed by atoms with Gasteiger partial charge in [-0.15, -0.1) is 0 Å². The summed E-state index contributed by atoms with van der Waals surface area (Å²) >= 11 is 0. The number of amides is 1. The van der Waals surface area contributed by atoms with Crippen LogP contribution in [0, 0.1) is 0 Å². The molecule has 0 aromatic heterocycles. The molecular weight excluding hydrogens is 190 g/mol. The van der Waals surface area contributed by atoms with Gasteiger partial charge in [0.1, 0.15) is 0 Å². The number of carbonyl (C=O) groups excluding carboxylic acids is 1. The molecule has 0 atom stereocenters. The fourth-order valence-corrected chi connectivity index (χ4v) is 1.47. The van der Waals surface area contributed by atoms with Crippen molar-refractivity contribution in [2.24, 2.45) is 0 Å². The van der Waals surface area contributed by atoms with Crippen LogP contribution in [-0.4, -0.2) is 37.1 Å². The second-order valence-electron chi connectivity index (χ2n) is 3.74. The van der Waals surface area contributed by atoms with Gasteiger partial charge in [-0.3, -0.25) is 4.79 Å². The summed E-state index contributed by atoms with van der Waals surface area (Å²) in [7, 11) is 0. The molecular formula is C12H25NO2. The van der Waals surface area contributed by atoms with Crippen LogP contribution in [0.3, 0.4) is 0 Å². The Morgan fingerprint density at radius 3 is 2.07 bits per heavy atom. The van der Waals surface area contributed by atoms with E-state index in [1.54, 1.807) is 0 Å². The number of rotatable bonds is 9. The quantitative estimate of drug-likeness (QED) is 0.553. The molecule has 0 unspecified atom stereocenters. The minimum atomic E-state index is 0.231. The maximum absolute atomic E-state index is 11.7. The molecule has 1 amide bonds. The van der Waals surface area contributed by atoms with E-state index in [0.29, 0.717) is 13.0 Å². The lowest BCUT2D eigenvalue weighted by Crippen LogP contribution is -2.33. The van der Waals surface area contributed by atoms with Gasteiger partial charge in [-0.2, -0.15) is 0 Å². The van der Waals surface area contributed by atoms with Gasteiger partial charge in [0, 0.05) is 19.7 Å². The van der Waals surface area contributed by atoms with E-state index in [9.17, 15) is 4.79 Å². The topological polar surface area (TPSA) is 29.5 Å². The molecule has 0 aliphatic rings. The fraction of sp³-hybridized carbons (Fsp3) is 0.917. The molecule has 0 bridgehead atoms. The summed E-state index contributed by atoms with van der Waals surface area (Å²) in [5.41, 5.74) is 0. The van der Waals surface area contributed by atoms with Gasteiger partial charge in [0.2, 0.25) is 5.91 Å². The molecule has 0 N–H and O–H groups in total. The standard InChI is InChI=1S/C12H25NO2/c1-4-8-13(9-5-2)12(14)7-11-15-10-6-3/h4-11H2,1-3H3. The van der Waals surface area contributed by atoms with E-state index in [2.05, 4.69) is 20.8 Å². The maximum atomic E-state index is 11.7. The molecule has 0 spiro atoms. The number of ether oxygens (including phenoxy) is 1. The molecule has 0 aliphatic carbocycles. The SMILES string of the molecule is CCCOCCC(=O)N(CCC)CCC. The van der Waals surface area contributed by atoms with Crippen LogP contribution in [0.1, 0.15) is 46.5 Å². The third kappa shape index (κ3) is 7.37. The highest BCUT2D eigenvalue weighted by molar-refractivity contribution is 5.76. The van der Waals surface area contributed by atoms with E-state index in [4.69, 9.17) is 4.74 Å². The van der Waals surface area contributed by atoms with Crippen molar-refractivity contribution in [3.05, 3.63) is 0 Å². The van der Waals surface area contributed by atoms with Gasteiger partial charge < -0.3 is 9.64 Å². The van der Waals surface area contributed by atoms with Crippen LogP contribution in [0.4, 0.5) is 0 Å². The predicted octanol–water partition coefficient (Wildman–Crippen LogP) is 2.45. The Labute approximate surface area is 93.8 Å². The second-order valence-corrected chi connectivity index (χ2v) is 3.74. The van der Waals surface area contributed by atoms with Gasteiger partial charge in [-0.05, 0) is 19.3 Å². The number of carbonyl (C=O) groups is 1. The summed E-state index contributed by atoms with van der Waals surface area (Å²) in [4.78, 5) is 13.7. The van der Waals surface area contributed by atoms with Gasteiger partial charge in [0.05, 0.1) is 13.0 Å². The highest BCUT2D eigenvalue weighted by Gasteiger charge is 2.10. The molecule has 0 aliphatic heterocycles. The monoisotopic (exact) mass is 215 g/mol. The smallest absolute Gasteiger partial charge is 0.224 e. The first-order valence-corrected chi connectivity index (χ1v) is 6.11. The molecule has 0 radical (unpaired) electrons. The second kappa shape index (κ2) is 9.97. The Morgan fingerprint density at radius 1 is 1.00 bits per heavy atom. The Hall–Kier alpha value is -0.570. The maximum Gasteiger partial charge on any atom is 0.224 e. The lowest BCUT2D eigenvalue weighted by Gasteiger charge is -2.21. The van der Waals surface area contributed by atoms with Crippen molar-refractivity contribution in [2.75, 3.05) is 26.3 Å². The molecule has 0 aromatic carbocycles. The van der Waals surface area contributed by atoms with E-state index < -0.39 is 0 Å². The lowest BCUT2D eigenvalue weighted by molar-refractivity contribution is -0.132. The van der Waals surface area contributed by atoms with Crippen LogP contribution in [0.15, 0.2) is 0 Å². The zero-order valence-corrected chi connectivity index (χ0v) is 10.4. The van der Waals surface area contributed by atoms with Crippen molar-refractivity contribution in [2.45, 2.75) is 46.5 Å². The zero-order valence-electron chi connectivity index (χ0n) is 10.4. The Kier molecular flexibility index (Phi) is 9.59. The van der Waals surface area contributed by atoms with Crippen LogP contribution < -0.4 is 0 Å². The summed E-state index contributed by atoms with van der Waals surface area (Å²) in [6.45, 7) is 9.35. The Bertz CT molecular complexity index is 154. The van der Waals surface area contributed by atoms with E-state index in [0.717, 1.165) is 39.0 Å². The molecule has 0 aromatic rings. The normalized spacial score (nSPS) is 10.3. The third-order valence-electron chi connectivity index (χ3n) is 2.15. The summed E-state index contributed by atoms with van der Waals surface area (Å²) in [6.07, 6.45) is 3.60. The molecule has 0 saturated heterocycles. The molecule has 0 rings (SSSR count). The van der Waals surface area contributed by atoms with Crippen molar-refractivity contribution >= 4 is 5.91 Å². The van der Waals surface area contributed by atoms with Crippen molar-refractivity contribution in [1.82, 2.24) is 4.90 Å². The molecule has 0 saturated carbocycles. The van der Waals surface area contributed by atoms with Gasteiger partial charge >= 0.3 is 0 Å². The molecule has 3 heteroatoms. The van der Waals surface area contributed by atoms with E-state index in [1.165, 1.54) is 0 Å². The first kappa shape index (κ1) is 14.4. The molecule has 0 fully saturated rings. The predicted molar refractivity (Wildman–Crippen MR) is 62.9 cm³/mol. The minimum absolute atomic E-state index is 0.231. The summed E-state index contributed by atoms with van der Waals surface area (Å²) in [6, 6.07) is 0. The number of hydrogen-bond acceptors (Lipinski definition) is 2. The highest BCUT2D eigenvalue weighted by atomic mass is 16.5. The fourth-order valence-electron chi connectivity index (χ4n) is 1.47. The number of hydrogen-bond donors (Lipinski definition) is 0. The largest absolute Gasteiger partial charge is 0.381 e. The zero-order chi connectivity index (χ0) is 11.5. The number of nitrogens with zero attached hydrogens (tertiary/aromatic N) is 1. The van der Waals surface area contributed by atoms with Crippen LogP contribution >= 0.6 is 0 Å². The van der Waals surface area contributed by atoms with Crippen molar-refractivity contribution in [3.63, 3.8) is 0 Å². The van der Waals surface area contributed by atoms with Crippen molar-refractivity contribution < 1.29 is 9.53 Å². The van der Waals surface area contributed by atoms with Crippen LogP contribution in [0.5, 0.6) is 0 Å². The lowest BCUT2D eigenvalue weighted by atomic mass is 10.3. The molecule has 90 valence electrons. The average Bonchev–Trinajstić information content (AvgIpc) is 2.24. The third-order valence-corrected chi connectivity index (χ3v) is 2.15. The Morgan fingerprint density at radius 2 is 1.60 bits per heavy atom. The molecule has 15 heavy (non-hydrogen) atoms. The summed E-state index contributed by atoms with van der Waals surface area (Å²) in [5.74, 6) is 0.231. The van der Waals surface area contributed by atoms with Crippen LogP contribution in [0.25, 0.3) is 0 Å². The average molecular weight is 215 g/mol. The van der Waals surface area contributed by atoms with Crippen molar-refractivity contribution in [1.29, 1.82) is 0 Å². The van der Waals surface area contributed by atoms with Crippen molar-refractivity contribution in [3.8, 4) is 0 Å². The van der Waals surface area contributed by atoms with E-state index in [-0.39, 0.29) is 5.91 Å². The highest BCUT2D eigenvalue weighted by Crippen LogP contribution is 1.99. The van der Waals surface area contributed by atoms with Gasteiger partial charge in [0.25, 0.3) is 0 Å².